The number of carbonyl (C=O) groups is 1. The molecule has 154 valence electrons. The third-order valence-corrected chi connectivity index (χ3v) is 4.51. The van der Waals surface area contributed by atoms with Gasteiger partial charge in [0.2, 0.25) is 5.88 Å². The van der Waals surface area contributed by atoms with Crippen molar-refractivity contribution in [3.63, 3.8) is 0 Å². The van der Waals surface area contributed by atoms with Crippen molar-refractivity contribution >= 4 is 12.1 Å². The molecule has 1 amide bonds. The van der Waals surface area contributed by atoms with E-state index in [-0.39, 0.29) is 35.7 Å². The number of ether oxygens (including phenoxy) is 1. The Morgan fingerprint density at radius 2 is 2.07 bits per heavy atom. The molecule has 1 aromatic carbocycles. The van der Waals surface area contributed by atoms with Gasteiger partial charge >= 0.3 is 0 Å². The van der Waals surface area contributed by atoms with Gasteiger partial charge in [-0.15, -0.1) is 0 Å². The molecule has 2 heterocycles. The molecule has 0 N–H and O–H groups in total. The van der Waals surface area contributed by atoms with Crippen LogP contribution in [0.2, 0.25) is 0 Å². The smallest absolute Gasteiger partial charge is 0.269 e. The number of hydrazone groups is 1. The summed E-state index contributed by atoms with van der Waals surface area (Å²) in [4.78, 5) is 20.5. The van der Waals surface area contributed by atoms with Crippen LogP contribution in [0.15, 0.2) is 41.8 Å². The zero-order chi connectivity index (χ0) is 21.7. The van der Waals surface area contributed by atoms with Crippen molar-refractivity contribution < 1.29 is 18.3 Å². The van der Waals surface area contributed by atoms with Gasteiger partial charge < -0.3 is 4.74 Å². The fraction of sp³-hybridized carbons (Fsp3) is 0.286. The highest BCUT2D eigenvalue weighted by Crippen LogP contribution is 2.33. The maximum absolute atomic E-state index is 14.4. The molecule has 1 atom stereocenters. The SMILES string of the molecule is C=C(CCCOc1cnc(C#N)cn1)C(=O)N1N=CCC1c1c(F)cc(C)cc1F. The van der Waals surface area contributed by atoms with Crippen LogP contribution in [-0.2, 0) is 4.79 Å². The number of halogens is 2. The number of amides is 1. The number of aromatic nitrogens is 2. The summed E-state index contributed by atoms with van der Waals surface area (Å²) < 4.78 is 34.1. The Hall–Kier alpha value is -3.67. The topological polar surface area (TPSA) is 91.5 Å². The van der Waals surface area contributed by atoms with Crippen LogP contribution in [0.4, 0.5) is 8.78 Å². The minimum Gasteiger partial charge on any atom is -0.477 e. The van der Waals surface area contributed by atoms with Crippen molar-refractivity contribution in [3.05, 3.63) is 65.1 Å². The number of nitrogens with zero attached hydrogens (tertiary/aromatic N) is 5. The summed E-state index contributed by atoms with van der Waals surface area (Å²) in [5, 5.41) is 13.8. The minimum absolute atomic E-state index is 0.179. The lowest BCUT2D eigenvalue weighted by atomic mass is 10.0. The van der Waals surface area contributed by atoms with Crippen LogP contribution in [0.5, 0.6) is 5.88 Å². The van der Waals surface area contributed by atoms with Gasteiger partial charge in [0, 0.05) is 23.8 Å². The van der Waals surface area contributed by atoms with Crippen molar-refractivity contribution in [1.82, 2.24) is 15.0 Å². The van der Waals surface area contributed by atoms with Crippen LogP contribution in [0.3, 0.4) is 0 Å². The van der Waals surface area contributed by atoms with E-state index in [0.717, 1.165) is 5.01 Å². The van der Waals surface area contributed by atoms with Crippen molar-refractivity contribution in [2.24, 2.45) is 5.10 Å². The van der Waals surface area contributed by atoms with Gasteiger partial charge in [-0.1, -0.05) is 6.58 Å². The lowest BCUT2D eigenvalue weighted by Gasteiger charge is -2.24. The summed E-state index contributed by atoms with van der Waals surface area (Å²) in [6, 6.07) is 3.48. The van der Waals surface area contributed by atoms with Gasteiger partial charge in [-0.2, -0.15) is 10.4 Å². The highest BCUT2D eigenvalue weighted by atomic mass is 19.1. The van der Waals surface area contributed by atoms with Gasteiger partial charge in [-0.3, -0.25) is 4.79 Å². The second kappa shape index (κ2) is 9.22. The monoisotopic (exact) mass is 411 g/mol. The lowest BCUT2D eigenvalue weighted by molar-refractivity contribution is -0.129. The van der Waals surface area contributed by atoms with E-state index in [0.29, 0.717) is 18.4 Å². The number of hydrogen-bond donors (Lipinski definition) is 0. The number of nitriles is 1. The maximum atomic E-state index is 14.4. The maximum Gasteiger partial charge on any atom is 0.269 e. The predicted octanol–water partition coefficient (Wildman–Crippen LogP) is 3.61. The zero-order valence-electron chi connectivity index (χ0n) is 16.3. The summed E-state index contributed by atoms with van der Waals surface area (Å²) in [7, 11) is 0. The van der Waals surface area contributed by atoms with E-state index in [4.69, 9.17) is 10.00 Å². The Morgan fingerprint density at radius 3 is 2.70 bits per heavy atom. The molecular weight excluding hydrogens is 392 g/mol. The second-order valence-corrected chi connectivity index (χ2v) is 6.75. The van der Waals surface area contributed by atoms with Crippen LogP contribution in [0.25, 0.3) is 0 Å². The van der Waals surface area contributed by atoms with Crippen LogP contribution in [0, 0.1) is 29.9 Å². The van der Waals surface area contributed by atoms with E-state index in [1.54, 1.807) is 6.92 Å². The molecule has 3 rings (SSSR count). The third-order valence-electron chi connectivity index (χ3n) is 4.51. The molecule has 7 nitrogen and oxygen atoms in total. The van der Waals surface area contributed by atoms with Crippen molar-refractivity contribution in [1.29, 1.82) is 5.26 Å². The molecule has 0 aliphatic carbocycles. The molecule has 0 spiro atoms. The number of aryl methyl sites for hydroxylation is 1. The molecule has 0 saturated carbocycles. The fourth-order valence-electron chi connectivity index (χ4n) is 3.06. The molecule has 9 heteroatoms. The Labute approximate surface area is 172 Å². The largest absolute Gasteiger partial charge is 0.477 e. The standard InChI is InChI=1S/C21H19F2N5O2/c1-13-8-16(22)20(17(23)9-13)18-5-6-27-28(18)21(29)14(2)4-3-7-30-19-12-25-15(10-24)11-26-19/h6,8-9,11-12,18H,2-5,7H2,1H3. The average molecular weight is 411 g/mol. The molecule has 1 aliphatic rings. The number of carbonyl (C=O) groups excluding carboxylic acids is 1. The first-order valence-electron chi connectivity index (χ1n) is 9.25. The van der Waals surface area contributed by atoms with Gasteiger partial charge in [-0.25, -0.2) is 23.8 Å². The van der Waals surface area contributed by atoms with Crippen molar-refractivity contribution in [2.75, 3.05) is 6.61 Å². The fourth-order valence-corrected chi connectivity index (χ4v) is 3.06. The Bertz CT molecular complexity index is 1010. The van der Waals surface area contributed by atoms with Gasteiger partial charge in [-0.05, 0) is 37.5 Å². The quantitative estimate of drug-likeness (QED) is 0.513. The van der Waals surface area contributed by atoms with Crippen molar-refractivity contribution in [2.45, 2.75) is 32.2 Å². The van der Waals surface area contributed by atoms with Gasteiger partial charge in [0.15, 0.2) is 5.69 Å². The summed E-state index contributed by atoms with van der Waals surface area (Å²) in [5.74, 6) is -1.64. The van der Waals surface area contributed by atoms with Gasteiger partial charge in [0.05, 0.1) is 25.0 Å². The third kappa shape index (κ3) is 4.66. The van der Waals surface area contributed by atoms with Gasteiger partial charge in [0.1, 0.15) is 17.7 Å². The van der Waals surface area contributed by atoms with Gasteiger partial charge in [0.25, 0.3) is 5.91 Å². The molecule has 0 radical (unpaired) electrons. The summed E-state index contributed by atoms with van der Waals surface area (Å²) >= 11 is 0. The van der Waals surface area contributed by atoms with E-state index in [9.17, 15) is 13.6 Å². The summed E-state index contributed by atoms with van der Waals surface area (Å²) in [5.41, 5.74) is 0.717. The molecule has 0 bridgehead atoms. The van der Waals surface area contributed by atoms with Crippen LogP contribution in [0.1, 0.15) is 42.1 Å². The minimum atomic E-state index is -0.847. The first-order valence-corrected chi connectivity index (χ1v) is 9.25. The van der Waals surface area contributed by atoms with Crippen molar-refractivity contribution in [3.8, 4) is 11.9 Å². The molecule has 30 heavy (non-hydrogen) atoms. The normalized spacial score (nSPS) is 15.1. The molecule has 2 aromatic rings. The lowest BCUT2D eigenvalue weighted by Crippen LogP contribution is -2.29. The molecule has 1 aromatic heterocycles. The first-order chi connectivity index (χ1) is 14.4. The van der Waals surface area contributed by atoms with Crippen LogP contribution in [-0.4, -0.2) is 33.7 Å². The predicted molar refractivity (Wildman–Crippen MR) is 104 cm³/mol. The molecule has 0 fully saturated rings. The van der Waals surface area contributed by atoms with E-state index in [2.05, 4.69) is 21.6 Å². The van der Waals surface area contributed by atoms with E-state index in [1.807, 2.05) is 6.07 Å². The molecule has 1 unspecified atom stereocenters. The highest BCUT2D eigenvalue weighted by Gasteiger charge is 2.33. The summed E-state index contributed by atoms with van der Waals surface area (Å²) in [6.07, 6.45) is 5.08. The zero-order valence-corrected chi connectivity index (χ0v) is 16.3. The molecule has 1 aliphatic heterocycles. The molecule has 0 saturated heterocycles. The van der Waals surface area contributed by atoms with Crippen LogP contribution >= 0.6 is 0 Å². The van der Waals surface area contributed by atoms with Crippen LogP contribution < -0.4 is 4.74 Å². The highest BCUT2D eigenvalue weighted by molar-refractivity contribution is 5.94. The Kier molecular flexibility index (Phi) is 6.47. The Morgan fingerprint density at radius 1 is 1.33 bits per heavy atom. The Balaban J connectivity index is 1.56. The average Bonchev–Trinajstić information content (AvgIpc) is 3.19. The number of rotatable bonds is 7. The molecular formula is C21H19F2N5O2. The first kappa shape index (κ1) is 21.0. The van der Waals surface area contributed by atoms with E-state index in [1.165, 1.54) is 30.7 Å². The summed E-state index contributed by atoms with van der Waals surface area (Å²) in [6.45, 7) is 5.63. The number of hydrogen-bond acceptors (Lipinski definition) is 6. The number of benzene rings is 1. The second-order valence-electron chi connectivity index (χ2n) is 6.75. The van der Waals surface area contributed by atoms with E-state index >= 15 is 0 Å². The van der Waals surface area contributed by atoms with E-state index < -0.39 is 23.6 Å².